The van der Waals surface area contributed by atoms with Crippen LogP contribution < -0.4 is 10.2 Å². The van der Waals surface area contributed by atoms with Crippen LogP contribution in [0.3, 0.4) is 0 Å². The van der Waals surface area contributed by atoms with Gasteiger partial charge in [-0.05, 0) is 81.3 Å². The highest BCUT2D eigenvalue weighted by molar-refractivity contribution is 5.95. The number of hydrogen-bond acceptors (Lipinski definition) is 3. The second kappa shape index (κ2) is 8.13. The van der Waals surface area contributed by atoms with Gasteiger partial charge in [-0.15, -0.1) is 0 Å². The molecule has 0 atom stereocenters. The van der Waals surface area contributed by atoms with Crippen LogP contribution in [-0.4, -0.2) is 23.8 Å². The van der Waals surface area contributed by atoms with E-state index < -0.39 is 0 Å². The molecule has 0 radical (unpaired) electrons. The molecular weight excluding hydrogens is 350 g/mol. The molecule has 3 aromatic rings. The van der Waals surface area contributed by atoms with Gasteiger partial charge in [0.25, 0.3) is 5.91 Å². The van der Waals surface area contributed by atoms with Crippen LogP contribution in [0.4, 0.5) is 0 Å². The summed E-state index contributed by atoms with van der Waals surface area (Å²) in [6, 6.07) is 15.5. The van der Waals surface area contributed by atoms with E-state index in [4.69, 9.17) is 4.74 Å². The van der Waals surface area contributed by atoms with Crippen molar-refractivity contribution in [2.75, 3.05) is 7.11 Å². The molecule has 0 aliphatic carbocycles. The van der Waals surface area contributed by atoms with E-state index in [1.807, 2.05) is 0 Å². The molecule has 5 heteroatoms. The Morgan fingerprint density at radius 3 is 2.25 bits per heavy atom. The number of rotatable bonds is 5. The summed E-state index contributed by atoms with van der Waals surface area (Å²) in [7, 11) is 1.59. The van der Waals surface area contributed by atoms with Crippen LogP contribution in [0.1, 0.15) is 38.4 Å². The Balaban J connectivity index is 1.78. The van der Waals surface area contributed by atoms with Gasteiger partial charge in [0, 0.05) is 28.2 Å². The Morgan fingerprint density at radius 1 is 1.00 bits per heavy atom. The molecule has 5 nitrogen and oxygen atoms in total. The van der Waals surface area contributed by atoms with Crippen LogP contribution in [-0.2, 0) is 0 Å². The van der Waals surface area contributed by atoms with Crippen molar-refractivity contribution in [2.45, 2.75) is 27.7 Å². The van der Waals surface area contributed by atoms with Gasteiger partial charge in [-0.1, -0.05) is 6.07 Å². The Labute approximate surface area is 165 Å². The minimum Gasteiger partial charge on any atom is -0.497 e. The number of amides is 1. The zero-order valence-corrected chi connectivity index (χ0v) is 16.9. The number of aryl methyl sites for hydroxylation is 3. The van der Waals surface area contributed by atoms with Gasteiger partial charge >= 0.3 is 0 Å². The van der Waals surface area contributed by atoms with Crippen molar-refractivity contribution in [3.05, 3.63) is 82.2 Å². The first-order valence-corrected chi connectivity index (χ1v) is 9.14. The average molecular weight is 375 g/mol. The van der Waals surface area contributed by atoms with Gasteiger partial charge in [0.2, 0.25) is 0 Å². The standard InChI is InChI=1S/C23H25N3O2/c1-15-10-16(2)12-21(11-15)26-17(3)13-20(18(26)4)14-24-25-23(27)19-6-8-22(28-5)9-7-19/h6-14H,1-5H3,(H,25,27)/b24-14-. The number of carbonyl (C=O) groups is 1. The fraction of sp³-hybridized carbons (Fsp3) is 0.217. The Morgan fingerprint density at radius 2 is 1.64 bits per heavy atom. The molecule has 0 unspecified atom stereocenters. The first kappa shape index (κ1) is 19.4. The highest BCUT2D eigenvalue weighted by Gasteiger charge is 2.10. The van der Waals surface area contributed by atoms with Crippen molar-refractivity contribution in [1.82, 2.24) is 9.99 Å². The Kier molecular flexibility index (Phi) is 5.64. The molecular formula is C23H25N3O2. The summed E-state index contributed by atoms with van der Waals surface area (Å²) < 4.78 is 7.30. The molecule has 1 N–H and O–H groups in total. The van der Waals surface area contributed by atoms with Crippen LogP contribution in [0, 0.1) is 27.7 Å². The topological polar surface area (TPSA) is 55.6 Å². The molecule has 28 heavy (non-hydrogen) atoms. The van der Waals surface area contributed by atoms with Crippen molar-refractivity contribution >= 4 is 12.1 Å². The lowest BCUT2D eigenvalue weighted by atomic mass is 10.1. The van der Waals surface area contributed by atoms with E-state index in [0.29, 0.717) is 11.3 Å². The molecule has 3 rings (SSSR count). The minimum absolute atomic E-state index is 0.262. The molecule has 0 saturated heterocycles. The number of ether oxygens (including phenoxy) is 1. The molecule has 0 bridgehead atoms. The Bertz CT molecular complexity index is 1010. The van der Waals surface area contributed by atoms with Crippen molar-refractivity contribution < 1.29 is 9.53 Å². The molecule has 0 aliphatic heterocycles. The molecule has 1 heterocycles. The fourth-order valence-electron chi connectivity index (χ4n) is 3.36. The summed E-state index contributed by atoms with van der Waals surface area (Å²) in [5.74, 6) is 0.445. The van der Waals surface area contributed by atoms with Crippen LogP contribution >= 0.6 is 0 Å². The van der Waals surface area contributed by atoms with E-state index in [2.05, 4.69) is 67.1 Å². The molecule has 0 spiro atoms. The first-order chi connectivity index (χ1) is 13.4. The van der Waals surface area contributed by atoms with Gasteiger partial charge in [0.05, 0.1) is 13.3 Å². The van der Waals surface area contributed by atoms with Crippen molar-refractivity contribution in [1.29, 1.82) is 0 Å². The molecule has 2 aromatic carbocycles. The lowest BCUT2D eigenvalue weighted by Crippen LogP contribution is -2.17. The number of hydrazone groups is 1. The molecule has 144 valence electrons. The summed E-state index contributed by atoms with van der Waals surface area (Å²) in [5, 5.41) is 4.14. The van der Waals surface area contributed by atoms with E-state index in [9.17, 15) is 4.79 Å². The van der Waals surface area contributed by atoms with E-state index in [-0.39, 0.29) is 5.91 Å². The van der Waals surface area contributed by atoms with Gasteiger partial charge in [0.15, 0.2) is 0 Å². The fourth-order valence-corrected chi connectivity index (χ4v) is 3.36. The number of methoxy groups -OCH3 is 1. The predicted molar refractivity (Wildman–Crippen MR) is 113 cm³/mol. The van der Waals surface area contributed by atoms with Gasteiger partial charge in [-0.2, -0.15) is 5.10 Å². The summed E-state index contributed by atoms with van der Waals surface area (Å²) in [4.78, 5) is 12.2. The molecule has 0 saturated carbocycles. The smallest absolute Gasteiger partial charge is 0.271 e. The first-order valence-electron chi connectivity index (χ1n) is 9.14. The number of nitrogens with one attached hydrogen (secondary N) is 1. The summed E-state index contributed by atoms with van der Waals surface area (Å²) >= 11 is 0. The van der Waals surface area contributed by atoms with Crippen molar-refractivity contribution in [3.63, 3.8) is 0 Å². The van der Waals surface area contributed by atoms with E-state index >= 15 is 0 Å². The molecule has 1 amide bonds. The number of nitrogens with zero attached hydrogens (tertiary/aromatic N) is 2. The van der Waals surface area contributed by atoms with Crippen molar-refractivity contribution in [3.8, 4) is 11.4 Å². The SMILES string of the molecule is COc1ccc(C(=O)N/N=C\c2cc(C)n(-c3cc(C)cc(C)c3)c2C)cc1. The monoisotopic (exact) mass is 375 g/mol. The third kappa shape index (κ3) is 4.14. The minimum atomic E-state index is -0.262. The average Bonchev–Trinajstić information content (AvgIpc) is 2.94. The normalized spacial score (nSPS) is 11.0. The highest BCUT2D eigenvalue weighted by Crippen LogP contribution is 2.22. The van der Waals surface area contributed by atoms with Gasteiger partial charge in [0.1, 0.15) is 5.75 Å². The third-order valence-corrected chi connectivity index (χ3v) is 4.66. The second-order valence-corrected chi connectivity index (χ2v) is 6.94. The van der Waals surface area contributed by atoms with E-state index in [1.54, 1.807) is 37.6 Å². The van der Waals surface area contributed by atoms with E-state index in [1.165, 1.54) is 11.1 Å². The van der Waals surface area contributed by atoms with Gasteiger partial charge < -0.3 is 9.30 Å². The third-order valence-electron chi connectivity index (χ3n) is 4.66. The lowest BCUT2D eigenvalue weighted by Gasteiger charge is -2.11. The highest BCUT2D eigenvalue weighted by atomic mass is 16.5. The van der Waals surface area contributed by atoms with E-state index in [0.717, 1.165) is 22.6 Å². The van der Waals surface area contributed by atoms with Crippen LogP contribution in [0.5, 0.6) is 5.75 Å². The van der Waals surface area contributed by atoms with Crippen LogP contribution in [0.25, 0.3) is 5.69 Å². The number of benzene rings is 2. The lowest BCUT2D eigenvalue weighted by molar-refractivity contribution is 0.0955. The van der Waals surface area contributed by atoms with Gasteiger partial charge in [-0.25, -0.2) is 5.43 Å². The number of hydrogen-bond donors (Lipinski definition) is 1. The number of carbonyl (C=O) groups excluding carboxylic acids is 1. The maximum absolute atomic E-state index is 12.2. The zero-order chi connectivity index (χ0) is 20.3. The second-order valence-electron chi connectivity index (χ2n) is 6.94. The molecule has 0 aliphatic rings. The Hall–Kier alpha value is -3.34. The quantitative estimate of drug-likeness (QED) is 0.528. The zero-order valence-electron chi connectivity index (χ0n) is 16.9. The largest absolute Gasteiger partial charge is 0.497 e. The predicted octanol–water partition coefficient (Wildman–Crippen LogP) is 4.48. The maximum Gasteiger partial charge on any atom is 0.271 e. The van der Waals surface area contributed by atoms with Crippen molar-refractivity contribution in [2.24, 2.45) is 5.10 Å². The number of aromatic nitrogens is 1. The molecule has 1 aromatic heterocycles. The maximum atomic E-state index is 12.2. The summed E-state index contributed by atoms with van der Waals surface area (Å²) in [5.41, 5.74) is 9.85. The van der Waals surface area contributed by atoms with Crippen LogP contribution in [0.2, 0.25) is 0 Å². The van der Waals surface area contributed by atoms with Crippen LogP contribution in [0.15, 0.2) is 53.6 Å². The van der Waals surface area contributed by atoms with Gasteiger partial charge in [-0.3, -0.25) is 4.79 Å². The summed E-state index contributed by atoms with van der Waals surface area (Å²) in [6.45, 7) is 8.32. The summed E-state index contributed by atoms with van der Waals surface area (Å²) in [6.07, 6.45) is 1.68. The molecule has 0 fully saturated rings.